The van der Waals surface area contributed by atoms with Crippen molar-refractivity contribution in [2.45, 2.75) is 6.92 Å². The number of rotatable bonds is 1. The molecule has 0 aliphatic heterocycles. The third kappa shape index (κ3) is 2.15. The Labute approximate surface area is 127 Å². The number of hydrogen-bond acceptors (Lipinski definition) is 1. The number of hydrogen-bond donors (Lipinski definition) is 1. The van der Waals surface area contributed by atoms with Gasteiger partial charge in [0.15, 0.2) is 10.6 Å². The first-order valence-electron chi connectivity index (χ1n) is 5.95. The van der Waals surface area contributed by atoms with Crippen molar-refractivity contribution in [3.05, 3.63) is 57.1 Å². The minimum atomic E-state index is -0.768. The molecule has 0 spiro atoms. The molecule has 1 heterocycles. The number of nitrogens with one attached hydrogen (secondary N) is 1. The molecule has 7 heteroatoms. The maximum absolute atomic E-state index is 14.3. The molecule has 21 heavy (non-hydrogen) atoms. The van der Waals surface area contributed by atoms with E-state index in [-0.39, 0.29) is 21.0 Å². The lowest BCUT2D eigenvalue weighted by atomic mass is 10.2. The number of nitrogens with zero attached hydrogens (tertiary/aromatic N) is 1. The van der Waals surface area contributed by atoms with Gasteiger partial charge >= 0.3 is 0 Å². The van der Waals surface area contributed by atoms with Crippen LogP contribution in [0.2, 0.25) is 5.02 Å². The van der Waals surface area contributed by atoms with Gasteiger partial charge in [-0.2, -0.15) is 0 Å². The number of benzene rings is 2. The van der Waals surface area contributed by atoms with Crippen molar-refractivity contribution >= 4 is 34.9 Å². The third-order valence-electron chi connectivity index (χ3n) is 3.21. The molecule has 1 aromatic heterocycles. The summed E-state index contributed by atoms with van der Waals surface area (Å²) in [6, 6.07) is 4.90. The minimum Gasteiger partial charge on any atom is -0.330 e. The zero-order valence-electron chi connectivity index (χ0n) is 10.7. The van der Waals surface area contributed by atoms with Crippen LogP contribution in [0.3, 0.4) is 0 Å². The van der Waals surface area contributed by atoms with Gasteiger partial charge in [-0.15, -0.1) is 0 Å². The van der Waals surface area contributed by atoms with Crippen LogP contribution < -0.4 is 0 Å². The molecule has 3 rings (SSSR count). The highest BCUT2D eigenvalue weighted by molar-refractivity contribution is 7.71. The fourth-order valence-electron chi connectivity index (χ4n) is 2.17. The number of aromatic amines is 1. The Morgan fingerprint density at radius 2 is 1.86 bits per heavy atom. The lowest BCUT2D eigenvalue weighted by Crippen LogP contribution is -2.03. The molecule has 0 radical (unpaired) electrons. The van der Waals surface area contributed by atoms with Crippen molar-refractivity contribution < 1.29 is 13.2 Å². The Kier molecular flexibility index (Phi) is 3.30. The van der Waals surface area contributed by atoms with Gasteiger partial charge < -0.3 is 4.98 Å². The van der Waals surface area contributed by atoms with E-state index in [4.69, 9.17) is 23.8 Å². The second-order valence-electron chi connectivity index (χ2n) is 4.58. The Morgan fingerprint density at radius 1 is 1.14 bits per heavy atom. The van der Waals surface area contributed by atoms with Gasteiger partial charge in [-0.05, 0) is 36.8 Å². The summed E-state index contributed by atoms with van der Waals surface area (Å²) < 4.78 is 43.0. The van der Waals surface area contributed by atoms with Gasteiger partial charge in [-0.3, -0.25) is 4.57 Å². The summed E-state index contributed by atoms with van der Waals surface area (Å²) in [6.07, 6.45) is 0. The average molecular weight is 329 g/mol. The maximum Gasteiger partial charge on any atom is 0.182 e. The quantitative estimate of drug-likeness (QED) is 0.619. The summed E-state index contributed by atoms with van der Waals surface area (Å²) in [6.45, 7) is 1.52. The first-order valence-corrected chi connectivity index (χ1v) is 6.73. The molecule has 2 nitrogen and oxygen atoms in total. The molecule has 1 N–H and O–H groups in total. The highest BCUT2D eigenvalue weighted by Gasteiger charge is 2.18. The van der Waals surface area contributed by atoms with Crippen LogP contribution in [0.4, 0.5) is 13.2 Å². The van der Waals surface area contributed by atoms with Crippen LogP contribution in [0.25, 0.3) is 16.7 Å². The molecule has 0 atom stereocenters. The minimum absolute atomic E-state index is 0.0510. The van der Waals surface area contributed by atoms with Gasteiger partial charge in [0.25, 0.3) is 0 Å². The van der Waals surface area contributed by atoms with E-state index < -0.39 is 17.5 Å². The Balaban J connectivity index is 2.47. The summed E-state index contributed by atoms with van der Waals surface area (Å²) in [5.74, 6) is -2.14. The van der Waals surface area contributed by atoms with E-state index >= 15 is 0 Å². The van der Waals surface area contributed by atoms with E-state index in [9.17, 15) is 13.2 Å². The van der Waals surface area contributed by atoms with Crippen molar-refractivity contribution in [1.29, 1.82) is 0 Å². The second kappa shape index (κ2) is 4.89. The molecule has 0 unspecified atom stereocenters. The normalized spacial score (nSPS) is 11.3. The molecule has 108 valence electrons. The largest absolute Gasteiger partial charge is 0.330 e. The van der Waals surface area contributed by atoms with Crippen LogP contribution in [0.15, 0.2) is 24.3 Å². The van der Waals surface area contributed by atoms with Crippen LogP contribution in [-0.2, 0) is 0 Å². The van der Waals surface area contributed by atoms with Crippen molar-refractivity contribution in [2.75, 3.05) is 0 Å². The lowest BCUT2D eigenvalue weighted by molar-refractivity contribution is 0.564. The molecule has 0 aliphatic carbocycles. The topological polar surface area (TPSA) is 20.7 Å². The number of halogens is 4. The third-order valence-corrected chi connectivity index (χ3v) is 3.78. The molecular formula is C14H8ClF3N2S. The highest BCUT2D eigenvalue weighted by Crippen LogP contribution is 2.28. The molecule has 0 fully saturated rings. The van der Waals surface area contributed by atoms with Gasteiger partial charge in [-0.25, -0.2) is 13.2 Å². The fraction of sp³-hybridized carbons (Fsp3) is 0.0714. The molecular weight excluding hydrogens is 321 g/mol. The van der Waals surface area contributed by atoms with E-state index in [0.717, 1.165) is 12.1 Å². The summed E-state index contributed by atoms with van der Waals surface area (Å²) in [7, 11) is 0. The Bertz CT molecular complexity index is 930. The number of imidazole rings is 1. The molecule has 2 aromatic carbocycles. The number of aryl methyl sites for hydroxylation is 1. The van der Waals surface area contributed by atoms with Gasteiger partial charge in [0.1, 0.15) is 17.3 Å². The monoisotopic (exact) mass is 328 g/mol. The number of fused-ring (bicyclic) bond motifs is 1. The van der Waals surface area contributed by atoms with Gasteiger partial charge in [0.2, 0.25) is 0 Å². The van der Waals surface area contributed by atoms with Crippen molar-refractivity contribution in [3.8, 4) is 5.69 Å². The zero-order valence-corrected chi connectivity index (χ0v) is 12.2. The van der Waals surface area contributed by atoms with Gasteiger partial charge in [-0.1, -0.05) is 17.7 Å². The fourth-order valence-corrected chi connectivity index (χ4v) is 2.63. The predicted octanol–water partition coefficient (Wildman–Crippen LogP) is 5.07. The smallest absolute Gasteiger partial charge is 0.182 e. The highest BCUT2D eigenvalue weighted by atomic mass is 35.5. The lowest BCUT2D eigenvalue weighted by Gasteiger charge is -2.09. The van der Waals surface area contributed by atoms with Crippen LogP contribution >= 0.6 is 23.8 Å². The zero-order chi connectivity index (χ0) is 15.3. The van der Waals surface area contributed by atoms with Crippen LogP contribution in [0.1, 0.15) is 5.56 Å². The maximum atomic E-state index is 14.3. The average Bonchev–Trinajstić information content (AvgIpc) is 2.72. The molecule has 0 saturated heterocycles. The van der Waals surface area contributed by atoms with E-state index in [1.54, 1.807) is 0 Å². The SMILES string of the molecule is Cc1ccc(F)c(-n2c(=S)[nH]c3cc(F)c(Cl)cc32)c1F. The molecule has 0 amide bonds. The first-order chi connectivity index (χ1) is 9.90. The Morgan fingerprint density at radius 3 is 2.57 bits per heavy atom. The van der Waals surface area contributed by atoms with Crippen molar-refractivity contribution in [2.24, 2.45) is 0 Å². The Hall–Kier alpha value is -1.79. The van der Waals surface area contributed by atoms with Crippen LogP contribution in [-0.4, -0.2) is 9.55 Å². The second-order valence-corrected chi connectivity index (χ2v) is 5.37. The van der Waals surface area contributed by atoms with E-state index in [1.165, 1.54) is 23.6 Å². The first kappa shape index (κ1) is 14.2. The van der Waals surface area contributed by atoms with Crippen LogP contribution in [0, 0.1) is 29.1 Å². The van der Waals surface area contributed by atoms with Gasteiger partial charge in [0.05, 0.1) is 16.1 Å². The predicted molar refractivity (Wildman–Crippen MR) is 78.1 cm³/mol. The standard InChI is InChI=1S/C14H8ClF3N2S/c1-6-2-3-8(16)13(12(6)18)20-11-4-7(15)9(17)5-10(11)19-14(20)21/h2-5H,1H3,(H,19,21). The summed E-state index contributed by atoms with van der Waals surface area (Å²) in [4.78, 5) is 2.71. The number of aromatic nitrogens is 2. The molecule has 0 bridgehead atoms. The molecule has 0 saturated carbocycles. The van der Waals surface area contributed by atoms with Crippen LogP contribution in [0.5, 0.6) is 0 Å². The van der Waals surface area contributed by atoms with Crippen molar-refractivity contribution in [1.82, 2.24) is 9.55 Å². The summed E-state index contributed by atoms with van der Waals surface area (Å²) in [5, 5.41) is -0.154. The van der Waals surface area contributed by atoms with E-state index in [1.807, 2.05) is 0 Å². The number of H-pyrrole nitrogens is 1. The molecule has 0 aliphatic rings. The van der Waals surface area contributed by atoms with E-state index in [2.05, 4.69) is 4.98 Å². The summed E-state index contributed by atoms with van der Waals surface area (Å²) in [5.41, 5.74) is 0.571. The van der Waals surface area contributed by atoms with Crippen molar-refractivity contribution in [3.63, 3.8) is 0 Å². The van der Waals surface area contributed by atoms with Gasteiger partial charge in [0, 0.05) is 6.07 Å². The summed E-state index contributed by atoms with van der Waals surface area (Å²) >= 11 is 10.8. The van der Waals surface area contributed by atoms with E-state index in [0.29, 0.717) is 11.0 Å². The molecule has 3 aromatic rings.